The van der Waals surface area contributed by atoms with Crippen molar-refractivity contribution in [3.05, 3.63) is 47.3 Å². The van der Waals surface area contributed by atoms with Crippen LogP contribution in [0.5, 0.6) is 0 Å². The summed E-state index contributed by atoms with van der Waals surface area (Å²) in [4.78, 5) is 6.61. The Morgan fingerprint density at radius 2 is 2.11 bits per heavy atom. The van der Waals surface area contributed by atoms with Crippen LogP contribution in [0.15, 0.2) is 41.2 Å². The molecule has 102 valence electrons. The molecule has 5 heteroatoms. The summed E-state index contributed by atoms with van der Waals surface area (Å²) < 4.78 is 0. The molecule has 0 spiro atoms. The van der Waals surface area contributed by atoms with E-state index in [0.717, 1.165) is 10.9 Å². The molecule has 1 atom stereocenters. The lowest BCUT2D eigenvalue weighted by atomic mass is 10.1. The van der Waals surface area contributed by atoms with Crippen LogP contribution in [0.3, 0.4) is 0 Å². The molecule has 0 bridgehead atoms. The Kier molecular flexibility index (Phi) is 4.82. The number of benzene rings is 1. The number of rotatable bonds is 3. The molecule has 0 amide bonds. The fraction of sp³-hybridized carbons (Fsp3) is 0.357. The fourth-order valence-corrected chi connectivity index (χ4v) is 3.72. The summed E-state index contributed by atoms with van der Waals surface area (Å²) >= 11 is 3.50. The third kappa shape index (κ3) is 3.48. The monoisotopic (exact) mass is 293 g/mol. The Morgan fingerprint density at radius 1 is 1.37 bits per heavy atom. The van der Waals surface area contributed by atoms with Crippen molar-refractivity contribution < 1.29 is 0 Å². The van der Waals surface area contributed by atoms with Gasteiger partial charge in [-0.25, -0.2) is 4.99 Å². The van der Waals surface area contributed by atoms with Gasteiger partial charge in [0.05, 0.1) is 5.37 Å². The van der Waals surface area contributed by atoms with E-state index in [0.29, 0.717) is 5.82 Å². The van der Waals surface area contributed by atoms with Gasteiger partial charge in [-0.3, -0.25) is 0 Å². The van der Waals surface area contributed by atoms with E-state index < -0.39 is 0 Å². The lowest BCUT2D eigenvalue weighted by molar-refractivity contribution is 0.529. The number of aryl methyl sites for hydroxylation is 1. The van der Waals surface area contributed by atoms with Gasteiger partial charge < -0.3 is 10.6 Å². The topological polar surface area (TPSA) is 41.6 Å². The van der Waals surface area contributed by atoms with E-state index in [1.165, 1.54) is 11.1 Å². The van der Waals surface area contributed by atoms with Gasteiger partial charge in [-0.15, -0.1) is 11.8 Å². The van der Waals surface area contributed by atoms with Crippen molar-refractivity contribution in [1.29, 1.82) is 0 Å². The first kappa shape index (κ1) is 14.3. The molecule has 1 aliphatic rings. The molecule has 19 heavy (non-hydrogen) atoms. The van der Waals surface area contributed by atoms with Gasteiger partial charge in [0.1, 0.15) is 5.82 Å². The quantitative estimate of drug-likeness (QED) is 0.930. The fourth-order valence-electron chi connectivity index (χ4n) is 1.87. The van der Waals surface area contributed by atoms with Crippen molar-refractivity contribution in [3.8, 4) is 0 Å². The molecule has 1 heterocycles. The summed E-state index contributed by atoms with van der Waals surface area (Å²) in [6, 6.07) is 8.45. The first-order chi connectivity index (χ1) is 9.11. The normalized spacial score (nSPS) is 19.1. The van der Waals surface area contributed by atoms with Crippen LogP contribution in [0, 0.1) is 6.92 Å². The highest BCUT2D eigenvalue weighted by Gasteiger charge is 2.20. The zero-order valence-electron chi connectivity index (χ0n) is 11.5. The highest BCUT2D eigenvalue weighted by Crippen LogP contribution is 2.26. The van der Waals surface area contributed by atoms with Crippen molar-refractivity contribution in [1.82, 2.24) is 4.90 Å². The SMILES string of the molecule is CSC1C=C(N)N=C(SCc2ccccc2C)N1C. The highest BCUT2D eigenvalue weighted by molar-refractivity contribution is 8.13. The molecule has 1 unspecified atom stereocenters. The number of likely N-dealkylation sites (N-methyl/N-ethyl adjacent to an activating group) is 1. The molecule has 0 fully saturated rings. The first-order valence-corrected chi connectivity index (χ1v) is 8.38. The van der Waals surface area contributed by atoms with Crippen LogP contribution >= 0.6 is 23.5 Å². The van der Waals surface area contributed by atoms with Crippen molar-refractivity contribution >= 4 is 28.7 Å². The number of thioether (sulfide) groups is 2. The molecule has 1 aromatic rings. The summed E-state index contributed by atoms with van der Waals surface area (Å²) in [5.74, 6) is 1.54. The minimum atomic E-state index is 0.275. The van der Waals surface area contributed by atoms with Gasteiger partial charge in [0.25, 0.3) is 0 Å². The largest absolute Gasteiger partial charge is 0.384 e. The maximum Gasteiger partial charge on any atom is 0.167 e. The lowest BCUT2D eigenvalue weighted by Gasteiger charge is -2.30. The first-order valence-electron chi connectivity index (χ1n) is 6.10. The van der Waals surface area contributed by atoms with Gasteiger partial charge in [-0.2, -0.15) is 0 Å². The second-order valence-corrected chi connectivity index (χ2v) is 6.34. The predicted molar refractivity (Wildman–Crippen MR) is 87.2 cm³/mol. The third-order valence-corrected chi connectivity index (χ3v) is 5.11. The molecule has 0 saturated heterocycles. The molecule has 0 radical (unpaired) electrons. The van der Waals surface area contributed by atoms with E-state index in [2.05, 4.69) is 54.4 Å². The Morgan fingerprint density at radius 3 is 2.79 bits per heavy atom. The summed E-state index contributed by atoms with van der Waals surface area (Å²) in [6.07, 6.45) is 4.07. The highest BCUT2D eigenvalue weighted by atomic mass is 32.2. The maximum absolute atomic E-state index is 5.87. The number of aliphatic imine (C=N–C) groups is 1. The molecule has 0 saturated carbocycles. The van der Waals surface area contributed by atoms with E-state index in [1.54, 1.807) is 23.5 Å². The van der Waals surface area contributed by atoms with Crippen LogP contribution < -0.4 is 5.73 Å². The third-order valence-electron chi connectivity index (χ3n) is 3.08. The molecular formula is C14H19N3S2. The van der Waals surface area contributed by atoms with Gasteiger partial charge in [0.2, 0.25) is 0 Å². The summed E-state index contributed by atoms with van der Waals surface area (Å²) in [7, 11) is 2.06. The van der Waals surface area contributed by atoms with Crippen LogP contribution in [0.2, 0.25) is 0 Å². The number of amidine groups is 1. The predicted octanol–water partition coefficient (Wildman–Crippen LogP) is 3.02. The lowest BCUT2D eigenvalue weighted by Crippen LogP contribution is -2.35. The average molecular weight is 293 g/mol. The number of hydrogen-bond donors (Lipinski definition) is 1. The van der Waals surface area contributed by atoms with Crippen LogP contribution in [0.1, 0.15) is 11.1 Å². The Balaban J connectivity index is 2.07. The van der Waals surface area contributed by atoms with Crippen molar-refractivity contribution in [2.45, 2.75) is 18.1 Å². The molecule has 2 N–H and O–H groups in total. The standard InChI is InChI=1S/C14H19N3S2/c1-10-6-4-5-7-11(10)9-19-14-16-12(15)8-13(18-3)17(14)2/h4-8,13H,9,15H2,1-3H3. The second-order valence-electron chi connectivity index (χ2n) is 4.44. The molecule has 3 nitrogen and oxygen atoms in total. The van der Waals surface area contributed by atoms with E-state index in [-0.39, 0.29) is 5.37 Å². The van der Waals surface area contributed by atoms with Gasteiger partial charge in [0, 0.05) is 12.8 Å². The van der Waals surface area contributed by atoms with Gasteiger partial charge in [-0.05, 0) is 30.4 Å². The Bertz CT molecular complexity index is 511. The van der Waals surface area contributed by atoms with Gasteiger partial charge in [0.15, 0.2) is 5.17 Å². The minimum Gasteiger partial charge on any atom is -0.384 e. The van der Waals surface area contributed by atoms with E-state index in [9.17, 15) is 0 Å². The van der Waals surface area contributed by atoms with Crippen LogP contribution in [-0.2, 0) is 5.75 Å². The zero-order valence-corrected chi connectivity index (χ0v) is 13.1. The van der Waals surface area contributed by atoms with Crippen molar-refractivity contribution in [3.63, 3.8) is 0 Å². The summed E-state index contributed by atoms with van der Waals surface area (Å²) in [5, 5.41) is 1.26. The van der Waals surface area contributed by atoms with E-state index >= 15 is 0 Å². The Labute approximate surface area is 123 Å². The molecular weight excluding hydrogens is 274 g/mol. The van der Waals surface area contributed by atoms with E-state index in [1.807, 2.05) is 6.08 Å². The van der Waals surface area contributed by atoms with Crippen LogP contribution in [0.4, 0.5) is 0 Å². The smallest absolute Gasteiger partial charge is 0.167 e. The van der Waals surface area contributed by atoms with Gasteiger partial charge in [-0.1, -0.05) is 36.0 Å². The number of nitrogens with zero attached hydrogens (tertiary/aromatic N) is 2. The average Bonchev–Trinajstić information content (AvgIpc) is 2.41. The maximum atomic E-state index is 5.87. The molecule has 0 aliphatic carbocycles. The zero-order chi connectivity index (χ0) is 13.8. The second kappa shape index (κ2) is 6.39. The summed E-state index contributed by atoms with van der Waals surface area (Å²) in [6.45, 7) is 2.14. The number of nitrogens with two attached hydrogens (primary N) is 1. The molecule has 2 rings (SSSR count). The Hall–Kier alpha value is -1.07. The molecule has 0 aromatic heterocycles. The van der Waals surface area contributed by atoms with Crippen molar-refractivity contribution in [2.75, 3.05) is 13.3 Å². The summed E-state index contributed by atoms with van der Waals surface area (Å²) in [5.41, 5.74) is 8.54. The van der Waals surface area contributed by atoms with Crippen LogP contribution in [0.25, 0.3) is 0 Å². The van der Waals surface area contributed by atoms with Crippen LogP contribution in [-0.4, -0.2) is 28.7 Å². The van der Waals surface area contributed by atoms with E-state index in [4.69, 9.17) is 5.73 Å². The van der Waals surface area contributed by atoms with Crippen molar-refractivity contribution in [2.24, 2.45) is 10.7 Å². The molecule has 1 aliphatic heterocycles. The minimum absolute atomic E-state index is 0.275. The van der Waals surface area contributed by atoms with Gasteiger partial charge >= 0.3 is 0 Å². The number of hydrogen-bond acceptors (Lipinski definition) is 5. The molecule has 1 aromatic carbocycles.